The Labute approximate surface area is 116 Å². The SMILES string of the molecule is CN(NC(=O)OC(C)(C)C)C(=[Se])c1ccccc1. The van der Waals surface area contributed by atoms with E-state index in [1.54, 1.807) is 12.1 Å². The summed E-state index contributed by atoms with van der Waals surface area (Å²) in [6.45, 7) is 5.48. The van der Waals surface area contributed by atoms with Crippen LogP contribution in [0.5, 0.6) is 0 Å². The third kappa shape index (κ3) is 4.90. The summed E-state index contributed by atoms with van der Waals surface area (Å²) in [5.74, 6) is 0. The summed E-state index contributed by atoms with van der Waals surface area (Å²) in [6, 6.07) is 9.73. The van der Waals surface area contributed by atoms with Gasteiger partial charge in [0.15, 0.2) is 0 Å². The van der Waals surface area contributed by atoms with E-state index in [1.165, 1.54) is 0 Å². The zero-order chi connectivity index (χ0) is 13.8. The van der Waals surface area contributed by atoms with Gasteiger partial charge in [-0.2, -0.15) is 0 Å². The van der Waals surface area contributed by atoms with Gasteiger partial charge in [-0.25, -0.2) is 0 Å². The molecule has 0 atom stereocenters. The Morgan fingerprint density at radius 2 is 1.83 bits per heavy atom. The Morgan fingerprint density at radius 3 is 2.33 bits per heavy atom. The number of hydrogen-bond acceptors (Lipinski definition) is 3. The van der Waals surface area contributed by atoms with Crippen LogP contribution in [0.3, 0.4) is 0 Å². The van der Waals surface area contributed by atoms with Gasteiger partial charge >= 0.3 is 115 Å². The Hall–Kier alpha value is -1.32. The van der Waals surface area contributed by atoms with Crippen LogP contribution in [0.2, 0.25) is 0 Å². The molecule has 1 amide bonds. The monoisotopic (exact) mass is 314 g/mol. The first-order valence-corrected chi connectivity index (χ1v) is 6.48. The standard InChI is InChI=1S/C13H18N2O2Se/c1-13(2,3)17-12(16)14-15(4)11(18)10-8-6-5-7-9-10/h5-9H,1-4H3,(H,14,16). The molecule has 0 spiro atoms. The summed E-state index contributed by atoms with van der Waals surface area (Å²) in [5.41, 5.74) is 3.13. The summed E-state index contributed by atoms with van der Waals surface area (Å²) in [4.78, 5) is 11.6. The van der Waals surface area contributed by atoms with Crippen molar-refractivity contribution in [3.63, 3.8) is 0 Å². The van der Waals surface area contributed by atoms with Crippen LogP contribution in [-0.4, -0.2) is 43.9 Å². The summed E-state index contributed by atoms with van der Waals surface area (Å²) in [5, 5.41) is 1.60. The van der Waals surface area contributed by atoms with Crippen LogP contribution in [-0.2, 0) is 4.74 Å². The summed E-state index contributed by atoms with van der Waals surface area (Å²) < 4.78 is 6.00. The molecule has 0 aliphatic heterocycles. The van der Waals surface area contributed by atoms with E-state index in [0.717, 1.165) is 10.1 Å². The van der Waals surface area contributed by atoms with Crippen LogP contribution < -0.4 is 5.43 Å². The fourth-order valence-electron chi connectivity index (χ4n) is 1.26. The maximum atomic E-state index is 11.6. The molecule has 5 heteroatoms. The van der Waals surface area contributed by atoms with Crippen LogP contribution in [0, 0.1) is 0 Å². The van der Waals surface area contributed by atoms with Crippen LogP contribution >= 0.6 is 0 Å². The van der Waals surface area contributed by atoms with Crippen LogP contribution in [0.25, 0.3) is 0 Å². The third-order valence-electron chi connectivity index (χ3n) is 1.98. The predicted octanol–water partition coefficient (Wildman–Crippen LogP) is 1.70. The molecule has 0 saturated heterocycles. The molecule has 1 rings (SSSR count). The first kappa shape index (κ1) is 14.7. The number of carbonyl (C=O) groups is 1. The van der Waals surface area contributed by atoms with Gasteiger partial charge in [0.25, 0.3) is 0 Å². The Balaban J connectivity index is 2.59. The summed E-state index contributed by atoms with van der Waals surface area (Å²) in [7, 11) is 1.75. The topological polar surface area (TPSA) is 41.6 Å². The van der Waals surface area contributed by atoms with Crippen molar-refractivity contribution in [3.8, 4) is 0 Å². The van der Waals surface area contributed by atoms with Crippen molar-refractivity contribution < 1.29 is 9.53 Å². The van der Waals surface area contributed by atoms with Gasteiger partial charge in [-0.1, -0.05) is 0 Å². The molecule has 18 heavy (non-hydrogen) atoms. The van der Waals surface area contributed by atoms with Crippen molar-refractivity contribution in [2.24, 2.45) is 0 Å². The zero-order valence-corrected chi connectivity index (χ0v) is 12.8. The quantitative estimate of drug-likeness (QED) is 0.682. The average molecular weight is 313 g/mol. The number of ether oxygens (including phenoxy) is 1. The van der Waals surface area contributed by atoms with E-state index in [-0.39, 0.29) is 0 Å². The van der Waals surface area contributed by atoms with Crippen molar-refractivity contribution in [2.75, 3.05) is 7.05 Å². The van der Waals surface area contributed by atoms with Crippen LogP contribution in [0.4, 0.5) is 4.79 Å². The van der Waals surface area contributed by atoms with Crippen LogP contribution in [0.1, 0.15) is 26.3 Å². The summed E-state index contributed by atoms with van der Waals surface area (Å²) in [6.07, 6.45) is -0.478. The second-order valence-electron chi connectivity index (χ2n) is 4.84. The molecule has 0 heterocycles. The molecule has 0 fully saturated rings. The van der Waals surface area contributed by atoms with Crippen molar-refractivity contribution in [3.05, 3.63) is 35.9 Å². The number of rotatable bonds is 3. The fraction of sp³-hybridized carbons (Fsp3) is 0.385. The molecule has 0 saturated carbocycles. The van der Waals surface area contributed by atoms with Crippen molar-refractivity contribution >= 4 is 26.2 Å². The number of amides is 1. The maximum absolute atomic E-state index is 11.6. The van der Waals surface area contributed by atoms with Gasteiger partial charge in [-0.15, -0.1) is 0 Å². The molecule has 0 bridgehead atoms. The van der Waals surface area contributed by atoms with Crippen LogP contribution in [0.15, 0.2) is 30.3 Å². The molecule has 1 aromatic rings. The molecule has 1 N–H and O–H groups in total. The van der Waals surface area contributed by atoms with E-state index in [1.807, 2.05) is 51.1 Å². The first-order chi connectivity index (χ1) is 8.29. The number of hydrazine groups is 1. The Morgan fingerprint density at radius 1 is 1.28 bits per heavy atom. The summed E-state index contributed by atoms with van der Waals surface area (Å²) >= 11 is 2.93. The Bertz CT molecular complexity index is 426. The minimum atomic E-state index is -0.505. The van der Waals surface area contributed by atoms with Crippen molar-refractivity contribution in [1.29, 1.82) is 0 Å². The van der Waals surface area contributed by atoms with Gasteiger partial charge in [0.1, 0.15) is 0 Å². The van der Waals surface area contributed by atoms with Gasteiger partial charge in [0.05, 0.1) is 0 Å². The van der Waals surface area contributed by atoms with Gasteiger partial charge in [0, 0.05) is 0 Å². The van der Waals surface area contributed by atoms with E-state index >= 15 is 0 Å². The first-order valence-electron chi connectivity index (χ1n) is 5.62. The number of carbonyl (C=O) groups excluding carboxylic acids is 1. The molecular weight excluding hydrogens is 295 g/mol. The molecular formula is C13H18N2O2Se. The van der Waals surface area contributed by atoms with Crippen molar-refractivity contribution in [2.45, 2.75) is 26.4 Å². The number of benzene rings is 1. The number of hydrogen-bond donors (Lipinski definition) is 1. The zero-order valence-electron chi connectivity index (χ0n) is 11.1. The van der Waals surface area contributed by atoms with E-state index in [2.05, 4.69) is 21.0 Å². The molecule has 0 aliphatic carbocycles. The van der Waals surface area contributed by atoms with E-state index < -0.39 is 11.7 Å². The minimum absolute atomic E-state index is 0.478. The van der Waals surface area contributed by atoms with Crippen molar-refractivity contribution in [1.82, 2.24) is 10.4 Å². The molecule has 98 valence electrons. The molecule has 1 aromatic carbocycles. The molecule has 4 nitrogen and oxygen atoms in total. The van der Waals surface area contributed by atoms with E-state index in [9.17, 15) is 4.79 Å². The predicted molar refractivity (Wildman–Crippen MR) is 73.4 cm³/mol. The third-order valence-corrected chi connectivity index (χ3v) is 3.05. The molecule has 0 aromatic heterocycles. The second-order valence-corrected chi connectivity index (χ2v) is 5.66. The molecule has 0 aliphatic rings. The van der Waals surface area contributed by atoms with E-state index in [4.69, 9.17) is 4.74 Å². The normalized spacial score (nSPS) is 10.7. The van der Waals surface area contributed by atoms with Gasteiger partial charge in [-0.05, 0) is 0 Å². The molecule has 0 radical (unpaired) electrons. The number of nitrogens with zero attached hydrogens (tertiary/aromatic N) is 1. The molecule has 0 unspecified atom stereocenters. The van der Waals surface area contributed by atoms with Gasteiger partial charge in [-0.3, -0.25) is 0 Å². The van der Waals surface area contributed by atoms with Gasteiger partial charge < -0.3 is 0 Å². The fourth-order valence-corrected chi connectivity index (χ4v) is 1.64. The number of nitrogens with one attached hydrogen (secondary N) is 1. The van der Waals surface area contributed by atoms with Gasteiger partial charge in [0.2, 0.25) is 0 Å². The van der Waals surface area contributed by atoms with E-state index in [0.29, 0.717) is 0 Å². The average Bonchev–Trinajstić information content (AvgIpc) is 2.26. The Kier molecular flexibility index (Phi) is 4.93. The second kappa shape index (κ2) is 6.03.